The molecule has 1 aliphatic carbocycles. The normalized spacial score (nSPS) is 30.3. The summed E-state index contributed by atoms with van der Waals surface area (Å²) < 4.78 is 17.0. The molecule has 0 aromatic heterocycles. The van der Waals surface area contributed by atoms with Crippen LogP contribution in [0.2, 0.25) is 0 Å². The number of amides is 1. The van der Waals surface area contributed by atoms with Gasteiger partial charge in [0.05, 0.1) is 34.8 Å². The summed E-state index contributed by atoms with van der Waals surface area (Å²) in [5.74, 6) is -4.80. The Morgan fingerprint density at radius 2 is 1.67 bits per heavy atom. The number of rotatable bonds is 1. The highest BCUT2D eigenvalue weighted by molar-refractivity contribution is 6.30. The van der Waals surface area contributed by atoms with E-state index in [1.807, 2.05) is 33.8 Å². The van der Waals surface area contributed by atoms with Crippen LogP contribution in [-0.4, -0.2) is 70.2 Å². The Labute approximate surface area is 280 Å². The smallest absolute Gasteiger partial charge is 0.304 e. The number of hydrogen-bond acceptors (Lipinski definition) is 11. The van der Waals surface area contributed by atoms with Crippen molar-refractivity contribution in [3.05, 3.63) is 70.2 Å². The van der Waals surface area contributed by atoms with E-state index in [2.05, 4.69) is 5.32 Å². The molecule has 260 valence electrons. The number of hydrogen-bond donors (Lipinski definition) is 4. The minimum atomic E-state index is -1.49. The number of nitrogens with one attached hydrogen (secondary N) is 1. The van der Waals surface area contributed by atoms with E-state index in [1.165, 1.54) is 20.1 Å². The van der Waals surface area contributed by atoms with Crippen molar-refractivity contribution in [2.75, 3.05) is 7.11 Å². The van der Waals surface area contributed by atoms with Gasteiger partial charge in [-0.1, -0.05) is 45.9 Å². The summed E-state index contributed by atoms with van der Waals surface area (Å²) in [5.41, 5.74) is -0.931. The number of phenols is 1. The van der Waals surface area contributed by atoms with Crippen molar-refractivity contribution in [1.82, 2.24) is 5.32 Å². The zero-order chi connectivity index (χ0) is 36.0. The third-order valence-electron chi connectivity index (χ3n) is 8.78. The maximum Gasteiger partial charge on any atom is 0.304 e. The van der Waals surface area contributed by atoms with Crippen LogP contribution in [0.5, 0.6) is 11.5 Å². The van der Waals surface area contributed by atoms with E-state index in [1.54, 1.807) is 25.2 Å². The number of benzene rings is 1. The van der Waals surface area contributed by atoms with E-state index in [4.69, 9.17) is 19.3 Å². The zero-order valence-electron chi connectivity index (χ0n) is 28.5. The molecular weight excluding hydrogens is 622 g/mol. The average molecular weight is 668 g/mol. The van der Waals surface area contributed by atoms with Crippen molar-refractivity contribution in [2.24, 2.45) is 23.7 Å². The van der Waals surface area contributed by atoms with Crippen molar-refractivity contribution in [3.63, 3.8) is 0 Å². The fraction of sp³-hybridized carbons (Fsp3) is 0.472. The van der Waals surface area contributed by atoms with Crippen molar-refractivity contribution < 1.29 is 53.5 Å². The summed E-state index contributed by atoms with van der Waals surface area (Å²) in [6.07, 6.45) is 7.08. The standard InChI is InChI=1S/C35H41NO10.CH4O/c1-16-10-8-11-18(3)34(43)36-23-15-24(38)25-26(30(23)41)29(40)21(6)33-27(25)31(42)35(46-33)44-13-9-12-17(2)32(45-22(7)37)20(5)28(39)19(4)14-16;1-2/h8-11,13,15-17,19-20,28,32,35,39-40H,12,14H2,1-7H3,(H,36,43);2H,1H3/b10-8+,13-9+,18-11-;/t16?,17?,19-,20-,28?,32?,35?;/m1./s1. The molecule has 12 nitrogen and oxygen atoms in total. The zero-order valence-corrected chi connectivity index (χ0v) is 28.5. The SMILES string of the molecule is CC(=O)OC1C(C)C/C=C/OC2Oc3c(C)c(O)c4c(c3C2=O)C(=O)C=C(NC(=O)/C(C)=C\C=C\C(C)C[C@@H](C)C(O)[C@H]1C)C4=O.CO. The number of fused-ring (bicyclic) bond motifs is 14. The van der Waals surface area contributed by atoms with Crippen molar-refractivity contribution in [3.8, 4) is 11.5 Å². The van der Waals surface area contributed by atoms with Crippen LogP contribution in [0.25, 0.3) is 0 Å². The Bertz CT molecular complexity index is 1580. The van der Waals surface area contributed by atoms with Gasteiger partial charge in [0, 0.05) is 37.2 Å². The Morgan fingerprint density at radius 1 is 1.00 bits per heavy atom. The van der Waals surface area contributed by atoms with Crippen molar-refractivity contribution in [2.45, 2.75) is 79.8 Å². The molecule has 5 unspecified atom stereocenters. The number of aliphatic hydroxyl groups excluding tert-OH is 2. The van der Waals surface area contributed by atoms with Crippen molar-refractivity contribution >= 4 is 29.2 Å². The van der Waals surface area contributed by atoms with E-state index >= 15 is 0 Å². The number of ketones is 3. The number of aromatic hydroxyl groups is 1. The van der Waals surface area contributed by atoms with E-state index in [0.29, 0.717) is 12.8 Å². The molecular formula is C36H45NO11. The number of ether oxygens (including phenoxy) is 3. The van der Waals surface area contributed by atoms with Crippen LogP contribution >= 0.6 is 0 Å². The lowest BCUT2D eigenvalue weighted by Crippen LogP contribution is -2.40. The third kappa shape index (κ3) is 7.94. The number of Topliss-reactive ketones (excluding diaryl/α,β-unsaturated/α-hetero) is 2. The highest BCUT2D eigenvalue weighted by atomic mass is 16.7. The predicted molar refractivity (Wildman–Crippen MR) is 175 cm³/mol. The molecule has 1 amide bonds. The minimum Gasteiger partial charge on any atom is -0.507 e. The lowest BCUT2D eigenvalue weighted by atomic mass is 9.80. The van der Waals surface area contributed by atoms with Gasteiger partial charge < -0.3 is 34.8 Å². The van der Waals surface area contributed by atoms with Gasteiger partial charge in [-0.05, 0) is 50.5 Å². The second-order valence-electron chi connectivity index (χ2n) is 12.5. The first-order valence-corrected chi connectivity index (χ1v) is 15.8. The fourth-order valence-electron chi connectivity index (χ4n) is 6.22. The highest BCUT2D eigenvalue weighted by Crippen LogP contribution is 2.45. The molecule has 12 heteroatoms. The predicted octanol–water partition coefficient (Wildman–Crippen LogP) is 4.25. The fourth-order valence-corrected chi connectivity index (χ4v) is 6.22. The lowest BCUT2D eigenvalue weighted by Gasteiger charge is -2.34. The number of carbonyl (C=O) groups excluding carboxylic acids is 5. The van der Waals surface area contributed by atoms with Gasteiger partial charge in [-0.15, -0.1) is 0 Å². The van der Waals surface area contributed by atoms with E-state index in [9.17, 15) is 34.2 Å². The van der Waals surface area contributed by atoms with Crippen LogP contribution in [0.1, 0.15) is 91.0 Å². The molecule has 4 N–H and O–H groups in total. The van der Waals surface area contributed by atoms with Crippen LogP contribution < -0.4 is 10.1 Å². The number of carbonyl (C=O) groups is 5. The van der Waals surface area contributed by atoms with Gasteiger partial charge >= 0.3 is 12.3 Å². The van der Waals surface area contributed by atoms with Gasteiger partial charge in [0.15, 0.2) is 5.78 Å². The molecule has 5 bridgehead atoms. The monoisotopic (exact) mass is 667 g/mol. The summed E-state index contributed by atoms with van der Waals surface area (Å²) in [5, 5.41) is 31.6. The van der Waals surface area contributed by atoms with E-state index < -0.39 is 65.0 Å². The summed E-state index contributed by atoms with van der Waals surface area (Å²) >= 11 is 0. The second kappa shape index (κ2) is 16.0. The van der Waals surface area contributed by atoms with E-state index in [-0.39, 0.29) is 51.5 Å². The Balaban J connectivity index is 0.00000307. The average Bonchev–Trinajstić information content (AvgIpc) is 3.37. The molecule has 3 heterocycles. The quantitative estimate of drug-likeness (QED) is 0.314. The molecule has 0 fully saturated rings. The number of aliphatic hydroxyl groups is 2. The lowest BCUT2D eigenvalue weighted by molar-refractivity contribution is -0.156. The van der Waals surface area contributed by atoms with Crippen LogP contribution in [0.3, 0.4) is 0 Å². The number of phenolic OH excluding ortho intramolecular Hbond substituents is 1. The first kappa shape index (κ1) is 37.9. The van der Waals surface area contributed by atoms with Gasteiger partial charge in [-0.2, -0.15) is 0 Å². The highest BCUT2D eigenvalue weighted by Gasteiger charge is 2.44. The second-order valence-corrected chi connectivity index (χ2v) is 12.5. The Hall–Kier alpha value is -4.55. The van der Waals surface area contributed by atoms with Crippen LogP contribution in [0, 0.1) is 30.6 Å². The molecule has 5 rings (SSSR count). The summed E-state index contributed by atoms with van der Waals surface area (Å²) in [6, 6.07) is 0. The van der Waals surface area contributed by atoms with Gasteiger partial charge in [-0.25, -0.2) is 0 Å². The molecule has 3 aliphatic heterocycles. The third-order valence-corrected chi connectivity index (χ3v) is 8.78. The Morgan fingerprint density at radius 3 is 2.31 bits per heavy atom. The van der Waals surface area contributed by atoms with E-state index in [0.717, 1.165) is 13.2 Å². The number of esters is 1. The molecule has 48 heavy (non-hydrogen) atoms. The van der Waals surface area contributed by atoms with Crippen LogP contribution in [-0.2, 0) is 19.1 Å². The molecule has 0 spiro atoms. The molecule has 0 saturated heterocycles. The molecule has 7 atom stereocenters. The summed E-state index contributed by atoms with van der Waals surface area (Å²) in [7, 11) is 1.00. The largest absolute Gasteiger partial charge is 0.507 e. The van der Waals surface area contributed by atoms with Gasteiger partial charge in [0.2, 0.25) is 11.6 Å². The molecule has 0 radical (unpaired) electrons. The first-order chi connectivity index (χ1) is 22.6. The molecule has 1 aromatic carbocycles. The molecule has 0 saturated carbocycles. The first-order valence-electron chi connectivity index (χ1n) is 15.8. The Kier molecular flexibility index (Phi) is 12.7. The maximum atomic E-state index is 13.5. The summed E-state index contributed by atoms with van der Waals surface area (Å²) in [4.78, 5) is 65.1. The molecule has 1 aromatic rings. The van der Waals surface area contributed by atoms with Gasteiger partial charge in [-0.3, -0.25) is 24.0 Å². The number of allylic oxidation sites excluding steroid dienone is 6. The topological polar surface area (TPSA) is 186 Å². The maximum absolute atomic E-state index is 13.5. The molecule has 4 aliphatic rings. The van der Waals surface area contributed by atoms with Crippen molar-refractivity contribution in [1.29, 1.82) is 0 Å². The van der Waals surface area contributed by atoms with Crippen LogP contribution in [0.4, 0.5) is 0 Å². The van der Waals surface area contributed by atoms with Gasteiger partial charge in [0.25, 0.3) is 5.91 Å². The summed E-state index contributed by atoms with van der Waals surface area (Å²) in [6.45, 7) is 11.9. The van der Waals surface area contributed by atoms with Crippen LogP contribution in [0.15, 0.2) is 47.9 Å². The minimum absolute atomic E-state index is 0.0218. The van der Waals surface area contributed by atoms with Gasteiger partial charge in [0.1, 0.15) is 17.6 Å².